The molecule has 1 spiro atoms. The number of amides is 2. The summed E-state index contributed by atoms with van der Waals surface area (Å²) in [5.74, 6) is -1.14. The summed E-state index contributed by atoms with van der Waals surface area (Å²) in [5.41, 5.74) is 6.76. The van der Waals surface area contributed by atoms with Crippen molar-refractivity contribution in [2.24, 2.45) is 5.41 Å². The van der Waals surface area contributed by atoms with E-state index in [0.717, 1.165) is 6.42 Å². The van der Waals surface area contributed by atoms with Gasteiger partial charge in [0.05, 0.1) is 0 Å². The number of aliphatic carboxylic acids is 1. The van der Waals surface area contributed by atoms with Gasteiger partial charge >= 0.3 is 18.2 Å². The monoisotopic (exact) mass is 687 g/mol. The van der Waals surface area contributed by atoms with Gasteiger partial charge in [-0.05, 0) is 66.5 Å². The van der Waals surface area contributed by atoms with Crippen LogP contribution in [0.4, 0.5) is 35.4 Å². The number of carboxylic acid groups (broad SMARTS) is 1. The molecule has 2 unspecified atom stereocenters. The summed E-state index contributed by atoms with van der Waals surface area (Å²) >= 11 is 6.30. The number of nitrogens with zero attached hydrogens (tertiary/aromatic N) is 5. The van der Waals surface area contributed by atoms with Gasteiger partial charge in [-0.2, -0.15) is 23.1 Å². The van der Waals surface area contributed by atoms with Gasteiger partial charge in [0, 0.05) is 61.6 Å². The number of likely N-dealkylation sites (N-methyl/N-ethyl adjacent to an activating group) is 1. The molecule has 48 heavy (non-hydrogen) atoms. The third-order valence-electron chi connectivity index (χ3n) is 9.77. The van der Waals surface area contributed by atoms with Gasteiger partial charge in [-0.25, -0.2) is 4.79 Å². The van der Waals surface area contributed by atoms with Crippen LogP contribution in [0.3, 0.4) is 0 Å². The number of carbonyl (C=O) groups is 2. The van der Waals surface area contributed by atoms with E-state index in [1.807, 2.05) is 11.8 Å². The van der Waals surface area contributed by atoms with Crippen molar-refractivity contribution >= 4 is 41.1 Å². The maximum Gasteiger partial charge on any atom is 0.429 e. The lowest BCUT2D eigenvalue weighted by atomic mass is 9.71. The Hall–Kier alpha value is -4.30. The first kappa shape index (κ1) is 33.6. The van der Waals surface area contributed by atoms with E-state index >= 15 is 0 Å². The molecule has 11 nitrogen and oxygen atoms in total. The highest BCUT2D eigenvalue weighted by Gasteiger charge is 2.50. The number of carboxylic acids is 1. The van der Waals surface area contributed by atoms with Gasteiger partial charge in [-0.3, -0.25) is 9.69 Å². The molecule has 3 atom stereocenters. The Bertz CT molecular complexity index is 1700. The second kappa shape index (κ2) is 13.0. The summed E-state index contributed by atoms with van der Waals surface area (Å²) in [6.07, 6.45) is -4.65. The largest absolute Gasteiger partial charge is 0.480 e. The molecule has 3 saturated heterocycles. The van der Waals surface area contributed by atoms with Crippen LogP contribution in [0.2, 0.25) is 5.02 Å². The summed E-state index contributed by atoms with van der Waals surface area (Å²) in [6.45, 7) is 4.02. The number of piperidine rings is 1. The van der Waals surface area contributed by atoms with Crippen molar-refractivity contribution in [3.8, 4) is 17.0 Å². The number of anilines is 3. The van der Waals surface area contributed by atoms with E-state index in [9.17, 15) is 27.9 Å². The molecule has 3 aromatic rings. The molecule has 15 heteroatoms. The SMILES string of the molecule is CCC1NC(C(=O)O)CC12CCN(c1cc(O[C@H](c3ccc(Cl)cc3-c3cccc(N4CCN(C)C4=O)c3)C(F)(F)F)nc(N)n1)CC2. The first-order chi connectivity index (χ1) is 22.8. The van der Waals surface area contributed by atoms with Crippen LogP contribution in [-0.2, 0) is 4.79 Å². The smallest absolute Gasteiger partial charge is 0.429 e. The number of alkyl halides is 3. The first-order valence-corrected chi connectivity index (χ1v) is 16.2. The molecule has 2 aromatic carbocycles. The quantitative estimate of drug-likeness (QED) is 0.271. The Morgan fingerprint density at radius 3 is 2.54 bits per heavy atom. The van der Waals surface area contributed by atoms with Crippen LogP contribution < -0.4 is 25.6 Å². The average Bonchev–Trinajstić information content (AvgIpc) is 3.58. The lowest BCUT2D eigenvalue weighted by Crippen LogP contribution is -2.46. The number of hydrogen-bond acceptors (Lipinski definition) is 8. The lowest BCUT2D eigenvalue weighted by molar-refractivity contribution is -0.198. The van der Waals surface area contributed by atoms with Gasteiger partial charge in [0.1, 0.15) is 11.9 Å². The molecule has 1 aromatic heterocycles. The normalized spacial score (nSPS) is 21.6. The number of rotatable bonds is 8. The Kier molecular flexibility index (Phi) is 9.07. The number of nitrogens with one attached hydrogen (secondary N) is 1. The molecule has 3 fully saturated rings. The zero-order valence-electron chi connectivity index (χ0n) is 26.5. The van der Waals surface area contributed by atoms with Crippen LogP contribution in [0.5, 0.6) is 5.88 Å². The number of benzene rings is 2. The van der Waals surface area contributed by atoms with Crippen molar-refractivity contribution < 1.29 is 32.6 Å². The molecule has 6 rings (SSSR count). The summed E-state index contributed by atoms with van der Waals surface area (Å²) in [6, 6.07) is 11.4. The van der Waals surface area contributed by atoms with Gasteiger partial charge in [-0.15, -0.1) is 0 Å². The lowest BCUT2D eigenvalue weighted by Gasteiger charge is -2.43. The number of ether oxygens (including phenoxy) is 1. The van der Waals surface area contributed by atoms with Crippen molar-refractivity contribution in [3.63, 3.8) is 0 Å². The fourth-order valence-electron chi connectivity index (χ4n) is 7.29. The predicted molar refractivity (Wildman–Crippen MR) is 175 cm³/mol. The number of hydrogen-bond donors (Lipinski definition) is 3. The summed E-state index contributed by atoms with van der Waals surface area (Å²) in [7, 11) is 1.69. The molecule has 256 valence electrons. The zero-order chi connectivity index (χ0) is 34.4. The number of halogens is 4. The topological polar surface area (TPSA) is 137 Å². The number of urea groups is 1. The minimum atomic E-state index is -4.86. The first-order valence-electron chi connectivity index (χ1n) is 15.8. The van der Waals surface area contributed by atoms with Gasteiger partial charge in [0.2, 0.25) is 17.9 Å². The van der Waals surface area contributed by atoms with E-state index in [0.29, 0.717) is 62.5 Å². The maximum absolute atomic E-state index is 14.8. The Morgan fingerprint density at radius 2 is 1.90 bits per heavy atom. The van der Waals surface area contributed by atoms with Crippen molar-refractivity contribution in [1.29, 1.82) is 0 Å². The highest BCUT2D eigenvalue weighted by Crippen LogP contribution is 2.46. The Balaban J connectivity index is 1.28. The highest BCUT2D eigenvalue weighted by atomic mass is 35.5. The molecule has 3 aliphatic heterocycles. The van der Waals surface area contributed by atoms with Crippen LogP contribution in [-0.4, -0.2) is 83.5 Å². The van der Waals surface area contributed by atoms with Gasteiger partial charge in [-0.1, -0.05) is 36.7 Å². The zero-order valence-corrected chi connectivity index (χ0v) is 27.3. The molecule has 0 aliphatic carbocycles. The van der Waals surface area contributed by atoms with E-state index in [-0.39, 0.29) is 45.5 Å². The Labute approximate surface area is 280 Å². The van der Waals surface area contributed by atoms with Gasteiger partial charge in [0.15, 0.2) is 0 Å². The van der Waals surface area contributed by atoms with Crippen LogP contribution >= 0.6 is 11.6 Å². The average molecular weight is 688 g/mol. The van der Waals surface area contributed by atoms with Gasteiger partial charge in [0.25, 0.3) is 0 Å². The molecule has 0 bridgehead atoms. The molecule has 0 saturated carbocycles. The minimum absolute atomic E-state index is 0.0501. The minimum Gasteiger partial charge on any atom is -0.480 e. The molecular weight excluding hydrogens is 651 g/mol. The van der Waals surface area contributed by atoms with Crippen LogP contribution in [0, 0.1) is 5.41 Å². The van der Waals surface area contributed by atoms with Crippen LogP contribution in [0.25, 0.3) is 11.1 Å². The Morgan fingerprint density at radius 1 is 1.15 bits per heavy atom. The highest BCUT2D eigenvalue weighted by molar-refractivity contribution is 6.30. The standard InChI is InChI=1S/C33H37ClF3N7O4/c1-3-25-32(18-24(39-25)29(45)46)9-11-43(12-10-32)26-17-27(41-30(38)40-26)48-28(33(35,36)37)22-8-7-20(34)16-23(22)19-5-4-6-21(15-19)44-14-13-42(2)31(44)47/h4-8,15-17,24-25,28,39H,3,9-14,18H2,1-2H3,(H,45,46)(H2,38,40,41)/t24?,25?,28-/m1/s1. The molecule has 3 aliphatic rings. The van der Waals surface area contributed by atoms with Gasteiger partial charge < -0.3 is 30.7 Å². The number of nitrogen functional groups attached to an aromatic ring is 1. The summed E-state index contributed by atoms with van der Waals surface area (Å²) in [5, 5.41) is 13.1. The summed E-state index contributed by atoms with van der Waals surface area (Å²) < 4.78 is 50.2. The molecular formula is C33H37ClF3N7O4. The molecule has 4 N–H and O–H groups in total. The van der Waals surface area contributed by atoms with E-state index < -0.39 is 24.3 Å². The van der Waals surface area contributed by atoms with E-state index in [1.54, 1.807) is 41.1 Å². The fourth-order valence-corrected chi connectivity index (χ4v) is 7.46. The van der Waals surface area contributed by atoms with Crippen molar-refractivity contribution in [3.05, 3.63) is 59.1 Å². The predicted octanol–water partition coefficient (Wildman–Crippen LogP) is 5.75. The van der Waals surface area contributed by atoms with E-state index in [4.69, 9.17) is 22.1 Å². The third-order valence-corrected chi connectivity index (χ3v) is 10.0. The molecule has 4 heterocycles. The second-order valence-corrected chi connectivity index (χ2v) is 13.1. The van der Waals surface area contributed by atoms with Crippen molar-refractivity contribution in [2.75, 3.05) is 48.8 Å². The second-order valence-electron chi connectivity index (χ2n) is 12.7. The van der Waals surface area contributed by atoms with Crippen LogP contribution in [0.15, 0.2) is 48.5 Å². The fraction of sp³-hybridized carbons (Fsp3) is 0.455. The molecule has 2 amide bonds. The third kappa shape index (κ3) is 6.55. The maximum atomic E-state index is 14.8. The van der Waals surface area contributed by atoms with Crippen molar-refractivity contribution in [2.45, 2.75) is 57.0 Å². The number of carbonyl (C=O) groups excluding carboxylic acids is 1. The van der Waals surface area contributed by atoms with Crippen LogP contribution in [0.1, 0.15) is 44.3 Å². The van der Waals surface area contributed by atoms with E-state index in [1.165, 1.54) is 24.3 Å². The number of nitrogens with two attached hydrogens (primary N) is 1. The molecule has 0 radical (unpaired) electrons. The summed E-state index contributed by atoms with van der Waals surface area (Å²) in [4.78, 5) is 37.7. The van der Waals surface area contributed by atoms with Crippen molar-refractivity contribution in [1.82, 2.24) is 20.2 Å². The van der Waals surface area contributed by atoms with E-state index in [2.05, 4.69) is 15.3 Å². The number of aromatic nitrogens is 2.